The molecule has 3 rings (SSSR count). The summed E-state index contributed by atoms with van der Waals surface area (Å²) in [5.74, 6) is -1.84. The third-order valence-electron chi connectivity index (χ3n) is 4.27. The van der Waals surface area contributed by atoms with E-state index in [1.165, 1.54) is 25.3 Å². The topological polar surface area (TPSA) is 185 Å². The first-order valence-electron chi connectivity index (χ1n) is 8.93. The molecule has 170 valence electrons. The van der Waals surface area contributed by atoms with Crippen LogP contribution in [-0.4, -0.2) is 45.5 Å². The first kappa shape index (κ1) is 23.2. The molecule has 1 heterocycles. The Morgan fingerprint density at radius 3 is 2.48 bits per heavy atom. The molecule has 2 aromatic rings. The van der Waals surface area contributed by atoms with Gasteiger partial charge in [0.15, 0.2) is 11.5 Å². The number of benzene rings is 2. The number of primary amides is 1. The second-order valence-corrected chi connectivity index (χ2v) is 7.37. The minimum atomic E-state index is -0.866. The van der Waals surface area contributed by atoms with Crippen molar-refractivity contribution in [3.8, 4) is 17.2 Å². The molecule has 2 aromatic carbocycles. The van der Waals surface area contributed by atoms with Crippen LogP contribution < -0.4 is 15.2 Å². The molecule has 0 aromatic heterocycles. The van der Waals surface area contributed by atoms with Gasteiger partial charge in [-0.25, -0.2) is 0 Å². The molecule has 1 saturated heterocycles. The van der Waals surface area contributed by atoms with E-state index in [4.69, 9.17) is 15.2 Å². The molecule has 1 aliphatic heterocycles. The van der Waals surface area contributed by atoms with Crippen LogP contribution in [0.4, 0.5) is 16.2 Å². The highest BCUT2D eigenvalue weighted by atomic mass is 32.2. The summed E-state index contributed by atoms with van der Waals surface area (Å²) in [5, 5.41) is 21.7. The van der Waals surface area contributed by atoms with E-state index in [9.17, 15) is 34.6 Å². The minimum absolute atomic E-state index is 0.0429. The molecule has 1 aliphatic rings. The summed E-state index contributed by atoms with van der Waals surface area (Å²) >= 11 is 0.571. The van der Waals surface area contributed by atoms with Gasteiger partial charge in [0.2, 0.25) is 11.7 Å². The van der Waals surface area contributed by atoms with Gasteiger partial charge in [0.05, 0.1) is 27.9 Å². The van der Waals surface area contributed by atoms with E-state index in [-0.39, 0.29) is 27.7 Å². The maximum Gasteiger partial charge on any atom is 0.318 e. The van der Waals surface area contributed by atoms with Crippen molar-refractivity contribution in [1.29, 1.82) is 0 Å². The normalized spacial score (nSPS) is 14.5. The number of carbonyl (C=O) groups is 3. The van der Waals surface area contributed by atoms with Crippen molar-refractivity contribution in [3.63, 3.8) is 0 Å². The number of hydrogen-bond acceptors (Lipinski definition) is 10. The number of non-ortho nitro benzene ring substituents is 1. The van der Waals surface area contributed by atoms with E-state index in [2.05, 4.69) is 0 Å². The van der Waals surface area contributed by atoms with Crippen LogP contribution in [0.5, 0.6) is 17.2 Å². The van der Waals surface area contributed by atoms with Gasteiger partial charge in [-0.3, -0.25) is 39.5 Å². The summed E-state index contributed by atoms with van der Waals surface area (Å²) in [5.41, 5.74) is 4.11. The number of thioether (sulfide) groups is 1. The standard InChI is InChI=1S/C19H14N4O9S/c1-31-14-4-2-3-10(7-15-18(25)21(9-16(20)24)19(26)33-15)17(14)32-13-6-5-11(22(27)28)8-12(13)23(29)30/h2-8H,9H2,1H3,(H2,20,24)/b15-7-. The lowest BCUT2D eigenvalue weighted by Crippen LogP contribution is -2.36. The molecule has 0 aliphatic carbocycles. The summed E-state index contributed by atoms with van der Waals surface area (Å²) in [6, 6.07) is 7.38. The zero-order valence-corrected chi connectivity index (χ0v) is 17.6. The number of amides is 3. The number of ether oxygens (including phenoxy) is 2. The largest absolute Gasteiger partial charge is 0.493 e. The van der Waals surface area contributed by atoms with Gasteiger partial charge in [-0.05, 0) is 30.0 Å². The van der Waals surface area contributed by atoms with E-state index in [0.717, 1.165) is 18.2 Å². The van der Waals surface area contributed by atoms with Gasteiger partial charge >= 0.3 is 5.69 Å². The highest BCUT2D eigenvalue weighted by molar-refractivity contribution is 8.18. The van der Waals surface area contributed by atoms with Gasteiger partial charge < -0.3 is 15.2 Å². The van der Waals surface area contributed by atoms with Crippen molar-refractivity contribution in [3.05, 3.63) is 67.1 Å². The average Bonchev–Trinajstić information content (AvgIpc) is 3.01. The smallest absolute Gasteiger partial charge is 0.318 e. The van der Waals surface area contributed by atoms with E-state index >= 15 is 0 Å². The van der Waals surface area contributed by atoms with Gasteiger partial charge in [0, 0.05) is 11.6 Å². The molecule has 1 fully saturated rings. The molecule has 0 spiro atoms. The Morgan fingerprint density at radius 2 is 1.88 bits per heavy atom. The maximum atomic E-state index is 12.5. The van der Waals surface area contributed by atoms with Gasteiger partial charge in [-0.15, -0.1) is 0 Å². The molecule has 0 saturated carbocycles. The fraction of sp³-hybridized carbons (Fsp3) is 0.105. The summed E-state index contributed by atoms with van der Waals surface area (Å²) in [7, 11) is 1.32. The van der Waals surface area contributed by atoms with Crippen molar-refractivity contribution < 1.29 is 33.7 Å². The number of nitro groups is 2. The number of methoxy groups -OCH3 is 1. The first-order valence-corrected chi connectivity index (χ1v) is 9.75. The predicted octanol–water partition coefficient (Wildman–Crippen LogP) is 2.83. The van der Waals surface area contributed by atoms with Crippen molar-refractivity contribution in [2.45, 2.75) is 0 Å². The molecule has 3 amide bonds. The number of nitro benzene ring substituents is 2. The number of rotatable bonds is 8. The third kappa shape index (κ3) is 4.90. The maximum absolute atomic E-state index is 12.5. The number of nitrogens with zero attached hydrogens (tertiary/aromatic N) is 3. The lowest BCUT2D eigenvalue weighted by Gasteiger charge is -2.13. The number of carbonyl (C=O) groups excluding carboxylic acids is 3. The SMILES string of the molecule is COc1cccc(/C=C2\SC(=O)N(CC(N)=O)C2=O)c1Oc1ccc([N+](=O)[O-])cc1[N+](=O)[O-]. The van der Waals surface area contributed by atoms with E-state index in [0.29, 0.717) is 16.7 Å². The second kappa shape index (κ2) is 9.35. The number of hydrogen-bond donors (Lipinski definition) is 1. The summed E-state index contributed by atoms with van der Waals surface area (Å²) in [4.78, 5) is 57.1. The quantitative estimate of drug-likeness (QED) is 0.339. The average molecular weight is 474 g/mol. The van der Waals surface area contributed by atoms with Crippen molar-refractivity contribution in [2.24, 2.45) is 5.73 Å². The Hall–Kier alpha value is -4.46. The molecule has 0 atom stereocenters. The molecule has 14 heteroatoms. The van der Waals surface area contributed by atoms with Crippen LogP contribution >= 0.6 is 11.8 Å². The summed E-state index contributed by atoms with van der Waals surface area (Å²) < 4.78 is 10.9. The minimum Gasteiger partial charge on any atom is -0.493 e. The lowest BCUT2D eigenvalue weighted by atomic mass is 10.1. The summed E-state index contributed by atoms with van der Waals surface area (Å²) in [6.07, 6.45) is 1.29. The van der Waals surface area contributed by atoms with Gasteiger partial charge in [-0.1, -0.05) is 12.1 Å². The zero-order chi connectivity index (χ0) is 24.3. The molecule has 0 radical (unpaired) electrons. The van der Waals surface area contributed by atoms with Crippen LogP contribution in [0.1, 0.15) is 5.56 Å². The van der Waals surface area contributed by atoms with Crippen molar-refractivity contribution >= 4 is 46.3 Å². The van der Waals surface area contributed by atoms with Crippen LogP contribution in [0.25, 0.3) is 6.08 Å². The number of nitrogens with two attached hydrogens (primary N) is 1. The van der Waals surface area contributed by atoms with Gasteiger partial charge in [0.1, 0.15) is 6.54 Å². The molecule has 0 bridgehead atoms. The lowest BCUT2D eigenvalue weighted by molar-refractivity contribution is -0.394. The van der Waals surface area contributed by atoms with E-state index in [1.54, 1.807) is 6.07 Å². The molecule has 13 nitrogen and oxygen atoms in total. The molecular weight excluding hydrogens is 460 g/mol. The Labute approximate surface area is 189 Å². The van der Waals surface area contributed by atoms with Crippen LogP contribution in [-0.2, 0) is 9.59 Å². The van der Waals surface area contributed by atoms with Crippen LogP contribution in [0, 0.1) is 20.2 Å². The van der Waals surface area contributed by atoms with Crippen LogP contribution in [0.2, 0.25) is 0 Å². The molecular formula is C19H14N4O9S. The van der Waals surface area contributed by atoms with Crippen molar-refractivity contribution in [1.82, 2.24) is 4.90 Å². The Balaban J connectivity index is 2.06. The number of imide groups is 1. The van der Waals surface area contributed by atoms with Crippen molar-refractivity contribution in [2.75, 3.05) is 13.7 Å². The predicted molar refractivity (Wildman–Crippen MR) is 115 cm³/mol. The zero-order valence-electron chi connectivity index (χ0n) is 16.8. The fourth-order valence-corrected chi connectivity index (χ4v) is 3.64. The molecule has 33 heavy (non-hydrogen) atoms. The van der Waals surface area contributed by atoms with Gasteiger partial charge in [0.25, 0.3) is 16.8 Å². The summed E-state index contributed by atoms with van der Waals surface area (Å²) in [6.45, 7) is -0.585. The molecule has 2 N–H and O–H groups in total. The monoisotopic (exact) mass is 474 g/mol. The second-order valence-electron chi connectivity index (χ2n) is 6.38. The first-order chi connectivity index (χ1) is 15.6. The van der Waals surface area contributed by atoms with E-state index < -0.39 is 44.8 Å². The van der Waals surface area contributed by atoms with Crippen LogP contribution in [0.3, 0.4) is 0 Å². The fourth-order valence-electron chi connectivity index (χ4n) is 2.81. The van der Waals surface area contributed by atoms with Gasteiger partial charge in [-0.2, -0.15) is 0 Å². The number of para-hydroxylation sites is 1. The highest BCUT2D eigenvalue weighted by Crippen LogP contribution is 2.42. The van der Waals surface area contributed by atoms with E-state index in [1.807, 2.05) is 0 Å². The Morgan fingerprint density at radius 1 is 1.15 bits per heavy atom. The highest BCUT2D eigenvalue weighted by Gasteiger charge is 2.36. The third-order valence-corrected chi connectivity index (χ3v) is 5.17. The Kier molecular flexibility index (Phi) is 6.58. The van der Waals surface area contributed by atoms with Crippen LogP contribution in [0.15, 0.2) is 41.3 Å². The Bertz CT molecular complexity index is 1230. The molecule has 0 unspecified atom stereocenters.